The molecule has 104 valence electrons. The molecule has 5 saturated carbocycles. The van der Waals surface area contributed by atoms with E-state index in [2.05, 4.69) is 0 Å². The average Bonchev–Trinajstić information content (AvgIpc) is 2.89. The second kappa shape index (κ2) is 2.68. The van der Waals surface area contributed by atoms with Gasteiger partial charge in [-0.2, -0.15) is 0 Å². The van der Waals surface area contributed by atoms with Crippen LogP contribution in [0.5, 0.6) is 0 Å². The van der Waals surface area contributed by atoms with Crippen LogP contribution in [0, 0.1) is 29.6 Å². The molecule has 6 aliphatic rings. The number of fused-ring (bicyclic) bond motifs is 5. The second-order valence-electron chi connectivity index (χ2n) is 6.98. The monoisotopic (exact) mass is 378 g/mol. The van der Waals surface area contributed by atoms with Crippen LogP contribution in [0.4, 0.5) is 0 Å². The Bertz CT molecular complexity index is 552. The van der Waals surface area contributed by atoms with Crippen molar-refractivity contribution in [1.82, 2.24) is 0 Å². The number of rotatable bonds is 0. The van der Waals surface area contributed by atoms with Crippen molar-refractivity contribution < 1.29 is 4.74 Å². The summed E-state index contributed by atoms with van der Waals surface area (Å²) in [5, 5.41) is -0.499. The van der Waals surface area contributed by atoms with Gasteiger partial charge in [0.05, 0.1) is 22.5 Å². The zero-order valence-corrected chi connectivity index (χ0v) is 13.8. The van der Waals surface area contributed by atoms with Crippen LogP contribution in [-0.4, -0.2) is 36.5 Å². The van der Waals surface area contributed by atoms with Crippen LogP contribution in [0.2, 0.25) is 0 Å². The van der Waals surface area contributed by atoms with Crippen molar-refractivity contribution in [2.45, 2.75) is 36.5 Å². The van der Waals surface area contributed by atoms with E-state index in [1.807, 2.05) is 0 Å². The molecule has 0 N–H and O–H groups in total. The Kier molecular flexibility index (Phi) is 1.72. The number of epoxide rings is 1. The van der Waals surface area contributed by atoms with Gasteiger partial charge in [0, 0.05) is 0 Å². The van der Waals surface area contributed by atoms with Crippen LogP contribution in [0.15, 0.2) is 0 Å². The van der Waals surface area contributed by atoms with E-state index in [-0.39, 0.29) is 30.0 Å². The maximum Gasteiger partial charge on any atom is 0.160 e. The molecule has 0 spiro atoms. The van der Waals surface area contributed by atoms with Gasteiger partial charge in [0.25, 0.3) is 0 Å². The number of hydrogen-bond acceptors (Lipinski definition) is 1. The minimum Gasteiger partial charge on any atom is -0.369 e. The minimum atomic E-state index is -1.29. The largest absolute Gasteiger partial charge is 0.369 e. The lowest BCUT2D eigenvalue weighted by Crippen LogP contribution is -2.64. The molecular weight excluding hydrogens is 373 g/mol. The Balaban J connectivity index is 1.75. The molecule has 0 amide bonds. The third-order valence-electron chi connectivity index (χ3n) is 7.03. The molecular formula is C12H8Cl6O. The first-order valence-electron chi connectivity index (χ1n) is 6.49. The van der Waals surface area contributed by atoms with E-state index in [0.717, 1.165) is 0 Å². The first-order chi connectivity index (χ1) is 8.75. The van der Waals surface area contributed by atoms with E-state index in [1.54, 1.807) is 0 Å². The summed E-state index contributed by atoms with van der Waals surface area (Å²) in [4.78, 5) is -2.70. The Labute approximate surface area is 140 Å². The van der Waals surface area contributed by atoms with Crippen LogP contribution in [0.25, 0.3) is 0 Å². The maximum absolute atomic E-state index is 6.99. The normalized spacial score (nSPS) is 83.1. The summed E-state index contributed by atoms with van der Waals surface area (Å²) in [5.41, 5.74) is 0. The standard InChI is InChI=1S/C12H8Cl6O/c13-8-9(14)3-1-4-5(2(3)7-6(1)19-7)11(9,16)12(17,18)10(4,8)15/h1-8H/t1-,2+,3?,4+,5-,6+,7-,8?,9-,10+,11-/m0/s1. The summed E-state index contributed by atoms with van der Waals surface area (Å²) in [6.07, 6.45) is 0.556. The molecule has 11 atom stereocenters. The number of hydrogen-bond donors (Lipinski definition) is 0. The van der Waals surface area contributed by atoms with Gasteiger partial charge in [-0.3, -0.25) is 0 Å². The van der Waals surface area contributed by atoms with Crippen molar-refractivity contribution in [2.24, 2.45) is 29.6 Å². The van der Waals surface area contributed by atoms with Crippen molar-refractivity contribution in [3.8, 4) is 0 Å². The van der Waals surface area contributed by atoms with E-state index in [0.29, 0.717) is 11.8 Å². The van der Waals surface area contributed by atoms with Gasteiger partial charge in [-0.25, -0.2) is 0 Å². The molecule has 0 aromatic carbocycles. The predicted octanol–water partition coefficient (Wildman–Crippen LogP) is 3.62. The Hall–Kier alpha value is 1.70. The smallest absolute Gasteiger partial charge is 0.160 e. The summed E-state index contributed by atoms with van der Waals surface area (Å²) in [6, 6.07) is 0. The summed E-state index contributed by atoms with van der Waals surface area (Å²) in [7, 11) is 0. The van der Waals surface area contributed by atoms with Gasteiger partial charge in [-0.05, 0) is 29.6 Å². The molecule has 1 nitrogen and oxygen atoms in total. The molecule has 0 aromatic heterocycles. The lowest BCUT2D eigenvalue weighted by Gasteiger charge is -2.53. The zero-order valence-electron chi connectivity index (χ0n) is 9.29. The van der Waals surface area contributed by atoms with Gasteiger partial charge in [0.1, 0.15) is 9.75 Å². The van der Waals surface area contributed by atoms with Gasteiger partial charge in [0.15, 0.2) is 4.33 Å². The van der Waals surface area contributed by atoms with E-state index in [1.165, 1.54) is 0 Å². The molecule has 6 fully saturated rings. The van der Waals surface area contributed by atoms with Crippen LogP contribution in [0.3, 0.4) is 0 Å². The summed E-state index contributed by atoms with van der Waals surface area (Å²) in [6.45, 7) is 0. The lowest BCUT2D eigenvalue weighted by atomic mass is 9.62. The number of halogens is 6. The summed E-state index contributed by atoms with van der Waals surface area (Å²) in [5.74, 6) is 1.17. The molecule has 1 saturated heterocycles. The maximum atomic E-state index is 6.99. The van der Waals surface area contributed by atoms with Crippen molar-refractivity contribution >= 4 is 69.6 Å². The molecule has 6 rings (SSSR count). The Morgan fingerprint density at radius 3 is 1.95 bits per heavy atom. The zero-order chi connectivity index (χ0) is 13.3. The van der Waals surface area contributed by atoms with Crippen molar-refractivity contribution in [1.29, 1.82) is 0 Å². The van der Waals surface area contributed by atoms with Gasteiger partial charge in [-0.15, -0.1) is 46.4 Å². The van der Waals surface area contributed by atoms with Gasteiger partial charge in [0.2, 0.25) is 0 Å². The fourth-order valence-corrected chi connectivity index (χ4v) is 10.8. The van der Waals surface area contributed by atoms with Crippen LogP contribution in [-0.2, 0) is 4.74 Å². The topological polar surface area (TPSA) is 12.5 Å². The molecule has 7 heteroatoms. The van der Waals surface area contributed by atoms with E-state index in [9.17, 15) is 0 Å². The lowest BCUT2D eigenvalue weighted by molar-refractivity contribution is 0.0874. The fraction of sp³-hybridized carbons (Fsp3) is 1.00. The molecule has 6 bridgehead atoms. The SMILES string of the molecule is ClC1[C@@]2(Cl)C3[C@@H]4[C@H]5O[C@H]5[C@H]3[C@H]3[C@@H]4[C@]1(Cl)C(Cl)(Cl)[C@]32Cl. The molecule has 1 aliphatic heterocycles. The third-order valence-corrected chi connectivity index (χ3v) is 12.0. The van der Waals surface area contributed by atoms with E-state index in [4.69, 9.17) is 74.3 Å². The fourth-order valence-electron chi connectivity index (χ4n) is 6.79. The first kappa shape index (κ1) is 12.2. The highest BCUT2D eigenvalue weighted by molar-refractivity contribution is 6.63. The molecule has 19 heavy (non-hydrogen) atoms. The summed E-state index contributed by atoms with van der Waals surface area (Å²) >= 11 is 40.8. The van der Waals surface area contributed by atoms with E-state index >= 15 is 0 Å². The quantitative estimate of drug-likeness (QED) is 0.462. The molecule has 1 heterocycles. The van der Waals surface area contributed by atoms with Crippen LogP contribution in [0.1, 0.15) is 0 Å². The van der Waals surface area contributed by atoms with Gasteiger partial charge >= 0.3 is 0 Å². The highest BCUT2D eigenvalue weighted by Gasteiger charge is 3.04. The number of ether oxygens (including phenoxy) is 1. The molecule has 2 unspecified atom stereocenters. The third kappa shape index (κ3) is 0.718. The van der Waals surface area contributed by atoms with Crippen LogP contribution >= 0.6 is 69.6 Å². The highest BCUT2D eigenvalue weighted by Crippen LogP contribution is 2.94. The van der Waals surface area contributed by atoms with Crippen molar-refractivity contribution in [2.75, 3.05) is 0 Å². The minimum absolute atomic E-state index is 0.128. The predicted molar refractivity (Wildman–Crippen MR) is 75.9 cm³/mol. The molecule has 5 aliphatic carbocycles. The van der Waals surface area contributed by atoms with Gasteiger partial charge < -0.3 is 4.74 Å². The van der Waals surface area contributed by atoms with Crippen molar-refractivity contribution in [3.05, 3.63) is 0 Å². The Morgan fingerprint density at radius 1 is 0.737 bits per heavy atom. The highest BCUT2D eigenvalue weighted by atomic mass is 35.5. The number of alkyl halides is 6. The molecule has 0 aromatic rings. The van der Waals surface area contributed by atoms with Gasteiger partial charge in [-0.1, -0.05) is 23.2 Å². The molecule has 0 radical (unpaired) electrons. The summed E-state index contributed by atoms with van der Waals surface area (Å²) < 4.78 is 4.49. The van der Waals surface area contributed by atoms with Crippen molar-refractivity contribution in [3.63, 3.8) is 0 Å². The first-order valence-corrected chi connectivity index (χ1v) is 8.82. The second-order valence-corrected chi connectivity index (χ2v) is 10.6. The Morgan fingerprint density at radius 2 is 1.32 bits per heavy atom. The van der Waals surface area contributed by atoms with E-state index < -0.39 is 24.3 Å². The average molecular weight is 381 g/mol. The van der Waals surface area contributed by atoms with Crippen LogP contribution < -0.4 is 0 Å².